The Morgan fingerprint density at radius 3 is 2.04 bits per heavy atom. The summed E-state index contributed by atoms with van der Waals surface area (Å²) in [6.07, 6.45) is 9.04. The molecule has 4 rings (SSSR count). The van der Waals surface area contributed by atoms with Gasteiger partial charge in [-0.1, -0.05) is 29.8 Å². The average Bonchev–Trinajstić information content (AvgIpc) is 2.73. The van der Waals surface area contributed by atoms with E-state index in [1.807, 2.05) is 48.8 Å². The van der Waals surface area contributed by atoms with Crippen molar-refractivity contribution in [2.45, 2.75) is 11.8 Å². The maximum atomic E-state index is 6.31. The second-order valence-corrected chi connectivity index (χ2v) is 7.56. The van der Waals surface area contributed by atoms with E-state index in [-0.39, 0.29) is 11.8 Å². The number of halogens is 2. The zero-order valence-electron chi connectivity index (χ0n) is 14.8. The molecule has 0 aliphatic rings. The largest absolute Gasteiger partial charge is 0.264 e. The maximum Gasteiger partial charge on any atom is 0.106 e. The van der Waals surface area contributed by atoms with Crippen LogP contribution in [0, 0.1) is 0 Å². The van der Waals surface area contributed by atoms with Crippen molar-refractivity contribution in [2.24, 2.45) is 0 Å². The van der Waals surface area contributed by atoms with Gasteiger partial charge in [-0.25, -0.2) is 4.98 Å². The van der Waals surface area contributed by atoms with Crippen molar-refractivity contribution in [1.82, 2.24) is 19.9 Å². The molecule has 28 heavy (non-hydrogen) atoms. The highest BCUT2D eigenvalue weighted by molar-refractivity contribution is 9.10. The molecule has 0 bridgehead atoms. The van der Waals surface area contributed by atoms with Gasteiger partial charge in [0.05, 0.1) is 17.3 Å². The minimum absolute atomic E-state index is 0.0739. The van der Waals surface area contributed by atoms with Gasteiger partial charge in [0.25, 0.3) is 0 Å². The van der Waals surface area contributed by atoms with Crippen LogP contribution >= 0.6 is 27.5 Å². The first kappa shape index (κ1) is 18.7. The van der Waals surface area contributed by atoms with Crippen molar-refractivity contribution in [3.05, 3.63) is 118 Å². The van der Waals surface area contributed by atoms with E-state index in [0.717, 1.165) is 27.1 Å². The zero-order valence-corrected chi connectivity index (χ0v) is 17.1. The molecular formula is C22H16BrClN4. The van der Waals surface area contributed by atoms with Crippen LogP contribution in [0.4, 0.5) is 0 Å². The fourth-order valence-corrected chi connectivity index (χ4v) is 3.90. The molecule has 4 heterocycles. The van der Waals surface area contributed by atoms with E-state index in [1.165, 1.54) is 0 Å². The number of aromatic nitrogens is 4. The van der Waals surface area contributed by atoms with Gasteiger partial charge in [0.15, 0.2) is 0 Å². The van der Waals surface area contributed by atoms with E-state index in [0.29, 0.717) is 5.02 Å². The van der Waals surface area contributed by atoms with Gasteiger partial charge in [-0.05, 0) is 63.5 Å². The predicted molar refractivity (Wildman–Crippen MR) is 113 cm³/mol. The van der Waals surface area contributed by atoms with Gasteiger partial charge >= 0.3 is 0 Å². The lowest BCUT2D eigenvalue weighted by Gasteiger charge is -2.27. The lowest BCUT2D eigenvalue weighted by atomic mass is 9.78. The van der Waals surface area contributed by atoms with Crippen LogP contribution in [0.1, 0.15) is 34.4 Å². The number of hydrogen-bond donors (Lipinski definition) is 0. The molecule has 0 aromatic carbocycles. The zero-order chi connectivity index (χ0) is 19.3. The first-order valence-corrected chi connectivity index (χ1v) is 9.93. The summed E-state index contributed by atoms with van der Waals surface area (Å²) in [4.78, 5) is 18.1. The monoisotopic (exact) mass is 450 g/mol. The van der Waals surface area contributed by atoms with Gasteiger partial charge in [0.1, 0.15) is 4.60 Å². The normalized spacial score (nSPS) is 12.1. The minimum Gasteiger partial charge on any atom is -0.264 e. The molecular weight excluding hydrogens is 436 g/mol. The van der Waals surface area contributed by atoms with Gasteiger partial charge in [-0.15, -0.1) is 0 Å². The van der Waals surface area contributed by atoms with Crippen LogP contribution in [0.5, 0.6) is 0 Å². The summed E-state index contributed by atoms with van der Waals surface area (Å²) in [5, 5.41) is 0.640. The Labute approximate surface area is 176 Å². The second kappa shape index (κ2) is 8.59. The Hall–Kier alpha value is -2.63. The quantitative estimate of drug-likeness (QED) is 0.368. The first-order chi connectivity index (χ1) is 13.7. The molecule has 0 saturated carbocycles. The molecule has 0 radical (unpaired) electrons. The molecule has 0 aliphatic heterocycles. The van der Waals surface area contributed by atoms with Crippen LogP contribution < -0.4 is 0 Å². The van der Waals surface area contributed by atoms with Crippen LogP contribution in [0.2, 0.25) is 5.02 Å². The second-order valence-electron chi connectivity index (χ2n) is 6.31. The van der Waals surface area contributed by atoms with Gasteiger partial charge in [-0.3, -0.25) is 15.0 Å². The van der Waals surface area contributed by atoms with Crippen LogP contribution in [0.3, 0.4) is 0 Å². The summed E-state index contributed by atoms with van der Waals surface area (Å²) in [6.45, 7) is 0. The summed E-state index contributed by atoms with van der Waals surface area (Å²) in [5.74, 6) is -0.236. The van der Waals surface area contributed by atoms with Crippen LogP contribution in [-0.2, 0) is 0 Å². The molecule has 6 heteroatoms. The van der Waals surface area contributed by atoms with Gasteiger partial charge < -0.3 is 0 Å². The number of pyridine rings is 4. The van der Waals surface area contributed by atoms with Crippen molar-refractivity contribution in [3.63, 3.8) is 0 Å². The fourth-order valence-electron chi connectivity index (χ4n) is 3.38. The minimum atomic E-state index is -0.162. The summed E-state index contributed by atoms with van der Waals surface area (Å²) in [5.41, 5.74) is 3.85. The van der Waals surface area contributed by atoms with E-state index >= 15 is 0 Å². The van der Waals surface area contributed by atoms with Gasteiger partial charge in [0, 0.05) is 41.9 Å². The maximum absolute atomic E-state index is 6.31. The summed E-state index contributed by atoms with van der Waals surface area (Å²) < 4.78 is 0.771. The molecule has 4 aromatic heterocycles. The molecule has 0 N–H and O–H groups in total. The van der Waals surface area contributed by atoms with Crippen molar-refractivity contribution < 1.29 is 0 Å². The Bertz CT molecular complexity index is 975. The first-order valence-electron chi connectivity index (χ1n) is 8.76. The molecule has 0 aliphatic carbocycles. The Morgan fingerprint density at radius 1 is 0.750 bits per heavy atom. The lowest BCUT2D eigenvalue weighted by molar-refractivity contribution is 0.651. The average molecular weight is 452 g/mol. The predicted octanol–water partition coefficient (Wildman–Crippen LogP) is 5.65. The number of nitrogens with zero attached hydrogens (tertiary/aromatic N) is 4. The van der Waals surface area contributed by atoms with Crippen molar-refractivity contribution >= 4 is 27.5 Å². The van der Waals surface area contributed by atoms with E-state index < -0.39 is 0 Å². The Balaban J connectivity index is 1.96. The van der Waals surface area contributed by atoms with Crippen LogP contribution in [0.15, 0.2) is 90.2 Å². The molecule has 0 amide bonds. The molecule has 138 valence electrons. The van der Waals surface area contributed by atoms with Crippen molar-refractivity contribution in [3.8, 4) is 0 Å². The SMILES string of the molecule is Clc1ccnc(C(c2cccc(Br)n2)C(c2cccnc2)c2cccnc2)c1. The highest BCUT2D eigenvalue weighted by Crippen LogP contribution is 2.41. The summed E-state index contributed by atoms with van der Waals surface area (Å²) >= 11 is 9.81. The highest BCUT2D eigenvalue weighted by Gasteiger charge is 2.31. The Kier molecular flexibility index (Phi) is 5.74. The third-order valence-corrected chi connectivity index (χ3v) is 5.21. The summed E-state index contributed by atoms with van der Waals surface area (Å²) in [6, 6.07) is 17.6. The van der Waals surface area contributed by atoms with E-state index in [9.17, 15) is 0 Å². The lowest BCUT2D eigenvalue weighted by Crippen LogP contribution is -2.17. The molecule has 0 spiro atoms. The van der Waals surface area contributed by atoms with Crippen LogP contribution in [-0.4, -0.2) is 19.9 Å². The molecule has 1 atom stereocenters. The summed E-state index contributed by atoms with van der Waals surface area (Å²) in [7, 11) is 0. The molecule has 4 aromatic rings. The molecule has 0 saturated heterocycles. The van der Waals surface area contributed by atoms with Crippen LogP contribution in [0.25, 0.3) is 0 Å². The third kappa shape index (κ3) is 4.11. The standard InChI is InChI=1S/C22H16BrClN4/c23-20-7-1-6-18(28-20)22(19-12-17(24)8-11-27-19)21(15-4-2-9-25-13-15)16-5-3-10-26-14-16/h1-14,21-22H. The number of hydrogen-bond acceptors (Lipinski definition) is 4. The van der Waals surface area contributed by atoms with E-state index in [2.05, 4.69) is 43.0 Å². The third-order valence-electron chi connectivity index (χ3n) is 4.54. The number of rotatable bonds is 5. The van der Waals surface area contributed by atoms with Crippen molar-refractivity contribution in [1.29, 1.82) is 0 Å². The Morgan fingerprint density at radius 2 is 1.46 bits per heavy atom. The van der Waals surface area contributed by atoms with E-state index in [1.54, 1.807) is 24.7 Å². The smallest absolute Gasteiger partial charge is 0.106 e. The van der Waals surface area contributed by atoms with Gasteiger partial charge in [0.2, 0.25) is 0 Å². The van der Waals surface area contributed by atoms with Gasteiger partial charge in [-0.2, -0.15) is 0 Å². The van der Waals surface area contributed by atoms with E-state index in [4.69, 9.17) is 16.6 Å². The molecule has 0 fully saturated rings. The molecule has 4 nitrogen and oxygen atoms in total. The molecule has 1 unspecified atom stereocenters. The highest BCUT2D eigenvalue weighted by atomic mass is 79.9. The fraction of sp³-hybridized carbons (Fsp3) is 0.0909. The topological polar surface area (TPSA) is 51.6 Å². The van der Waals surface area contributed by atoms with Crippen molar-refractivity contribution in [2.75, 3.05) is 0 Å².